The average molecular weight is 405 g/mol. The summed E-state index contributed by atoms with van der Waals surface area (Å²) in [4.78, 5) is 2.61. The van der Waals surface area contributed by atoms with Crippen LogP contribution < -0.4 is 5.09 Å². The van der Waals surface area contributed by atoms with Crippen LogP contribution in [-0.4, -0.2) is 57.3 Å². The van der Waals surface area contributed by atoms with E-state index in [1.807, 2.05) is 0 Å². The monoisotopic (exact) mass is 405 g/mol. The van der Waals surface area contributed by atoms with Crippen LogP contribution in [0.1, 0.15) is 66.2 Å². The normalized spacial score (nSPS) is 23.3. The van der Waals surface area contributed by atoms with Gasteiger partial charge in [0, 0.05) is 26.1 Å². The minimum absolute atomic E-state index is 0.0141. The summed E-state index contributed by atoms with van der Waals surface area (Å²) in [6.45, 7) is 16.2. The molecule has 3 unspecified atom stereocenters. The number of rotatable bonds is 12. The molecule has 1 radical (unpaired) electrons. The average Bonchev–Trinajstić information content (AvgIpc) is 3.08. The lowest BCUT2D eigenvalue weighted by Gasteiger charge is -2.22. The fraction of sp³-hybridized carbons (Fsp3) is 0.826. The first kappa shape index (κ1) is 24.0. The first-order valence-corrected chi connectivity index (χ1v) is 13.6. The second kappa shape index (κ2) is 13.1. The van der Waals surface area contributed by atoms with Crippen LogP contribution in [-0.2, 0) is 4.74 Å². The van der Waals surface area contributed by atoms with Gasteiger partial charge in [-0.2, -0.15) is 0 Å². The highest BCUT2D eigenvalue weighted by atomic mass is 31.1. The molecule has 1 N–H and O–H groups in total. The van der Waals surface area contributed by atoms with Crippen molar-refractivity contribution < 1.29 is 4.74 Å². The van der Waals surface area contributed by atoms with Crippen LogP contribution in [0.2, 0.25) is 12.1 Å². The largest absolute Gasteiger partial charge is 0.493 e. The Labute approximate surface area is 176 Å². The van der Waals surface area contributed by atoms with Crippen molar-refractivity contribution in [3.05, 3.63) is 23.0 Å². The predicted octanol–water partition coefficient (Wildman–Crippen LogP) is 5.83. The molecule has 0 spiro atoms. The molecule has 1 aliphatic carbocycles. The molecule has 1 saturated heterocycles. The quantitative estimate of drug-likeness (QED) is 0.327. The number of ether oxygens (including phenoxy) is 1. The van der Waals surface area contributed by atoms with Gasteiger partial charge in [0.2, 0.25) is 0 Å². The van der Waals surface area contributed by atoms with Crippen molar-refractivity contribution in [1.82, 2.24) is 9.99 Å². The van der Waals surface area contributed by atoms with Crippen molar-refractivity contribution in [2.75, 3.05) is 39.0 Å². The Morgan fingerprint density at radius 3 is 2.96 bits per heavy atom. The Balaban J connectivity index is 1.82. The first-order valence-electron chi connectivity index (χ1n) is 11.6. The smallest absolute Gasteiger partial charge is 0.119 e. The van der Waals surface area contributed by atoms with E-state index in [0.717, 1.165) is 25.8 Å². The molecule has 2 rings (SSSR count). The van der Waals surface area contributed by atoms with Gasteiger partial charge < -0.3 is 4.74 Å². The Hall–Kier alpha value is -0.305. The van der Waals surface area contributed by atoms with Crippen LogP contribution >= 0.6 is 8.07 Å². The number of hydrogen-bond donors (Lipinski definition) is 1. The van der Waals surface area contributed by atoms with Crippen LogP contribution in [0.15, 0.2) is 23.0 Å². The van der Waals surface area contributed by atoms with Crippen LogP contribution in [0.3, 0.4) is 0 Å². The number of nitrogens with zero attached hydrogens (tertiary/aromatic N) is 1. The van der Waals surface area contributed by atoms with Gasteiger partial charge in [0.25, 0.3) is 0 Å². The van der Waals surface area contributed by atoms with E-state index in [9.17, 15) is 0 Å². The third kappa shape index (κ3) is 8.21. The first-order chi connectivity index (χ1) is 13.5. The van der Waals surface area contributed by atoms with Gasteiger partial charge in [-0.25, -0.2) is 0 Å². The third-order valence-electron chi connectivity index (χ3n) is 6.20. The molecule has 28 heavy (non-hydrogen) atoms. The van der Waals surface area contributed by atoms with E-state index < -0.39 is 0 Å². The molecule has 3 atom stereocenters. The van der Waals surface area contributed by atoms with E-state index in [1.165, 1.54) is 68.3 Å². The summed E-state index contributed by atoms with van der Waals surface area (Å²) in [7, 11) is 2.46. The highest BCUT2D eigenvalue weighted by Crippen LogP contribution is 2.31. The van der Waals surface area contributed by atoms with Crippen molar-refractivity contribution in [1.29, 1.82) is 0 Å². The summed E-state index contributed by atoms with van der Waals surface area (Å²) in [5, 5.41) is 3.66. The number of nitrogens with one attached hydrogen (secondary N) is 1. The summed E-state index contributed by atoms with van der Waals surface area (Å²) < 4.78 is 6.58. The maximum atomic E-state index is 6.58. The zero-order valence-corrected chi connectivity index (χ0v) is 20.0. The second-order valence-electron chi connectivity index (χ2n) is 8.65. The van der Waals surface area contributed by atoms with E-state index in [4.69, 9.17) is 4.74 Å². The molecule has 0 amide bonds. The fourth-order valence-corrected chi connectivity index (χ4v) is 5.25. The van der Waals surface area contributed by atoms with Crippen LogP contribution in [0.25, 0.3) is 0 Å². The number of hydrogen-bond acceptors (Lipinski definition) is 3. The lowest BCUT2D eigenvalue weighted by molar-refractivity contribution is 0.112. The molecule has 0 saturated carbocycles. The van der Waals surface area contributed by atoms with E-state index in [1.54, 1.807) is 0 Å². The molecular weight excluding hydrogens is 362 g/mol. The number of likely N-dealkylation sites (tertiary alicyclic amines) is 1. The van der Waals surface area contributed by atoms with Gasteiger partial charge >= 0.3 is 0 Å². The van der Waals surface area contributed by atoms with Crippen LogP contribution in [0.5, 0.6) is 0 Å². The predicted molar refractivity (Wildman–Crippen MR) is 127 cm³/mol. The van der Waals surface area contributed by atoms with Crippen LogP contribution in [0.4, 0.5) is 0 Å². The second-order valence-corrected chi connectivity index (χ2v) is 10.8. The summed E-state index contributed by atoms with van der Waals surface area (Å²) in [5.74, 6) is 1.97. The lowest BCUT2D eigenvalue weighted by Crippen LogP contribution is -2.27. The Morgan fingerprint density at radius 1 is 1.39 bits per heavy atom. The minimum Gasteiger partial charge on any atom is -0.493 e. The van der Waals surface area contributed by atoms with Gasteiger partial charge in [0.1, 0.15) is 13.4 Å². The van der Waals surface area contributed by atoms with Gasteiger partial charge in [0.15, 0.2) is 0 Å². The Morgan fingerprint density at radius 2 is 2.21 bits per heavy atom. The molecule has 5 heteroatoms. The standard InChI is InChI=1S/C23H43BN2OP/c1-6-13-25-28(5)16-15-26-14-12-22(18-26)27-23-11-9-8-10-21(20(23)4)17-24-19(3)7-2/h10,19,22,25H,6-9,11-18H2,1-5H3. The maximum Gasteiger partial charge on any atom is 0.119 e. The molecule has 0 aromatic rings. The van der Waals surface area contributed by atoms with E-state index in [0.29, 0.717) is 11.9 Å². The van der Waals surface area contributed by atoms with Crippen molar-refractivity contribution in [2.24, 2.45) is 0 Å². The summed E-state index contributed by atoms with van der Waals surface area (Å²) >= 11 is 0. The van der Waals surface area contributed by atoms with Crippen LogP contribution in [0, 0.1) is 0 Å². The molecule has 1 fully saturated rings. The molecular formula is C23H43BN2OP. The number of allylic oxidation sites excluding steroid dienone is 4. The fourth-order valence-electron chi connectivity index (χ4n) is 3.91. The maximum absolute atomic E-state index is 6.58. The minimum atomic E-state index is -0.0141. The van der Waals surface area contributed by atoms with Gasteiger partial charge in [-0.15, -0.1) is 0 Å². The van der Waals surface area contributed by atoms with E-state index in [2.05, 4.69) is 57.7 Å². The molecule has 1 aliphatic heterocycles. The van der Waals surface area contributed by atoms with Gasteiger partial charge in [-0.05, 0) is 65.6 Å². The molecule has 3 nitrogen and oxygen atoms in total. The highest BCUT2D eigenvalue weighted by molar-refractivity contribution is 7.54. The molecule has 0 aromatic carbocycles. The summed E-state index contributed by atoms with van der Waals surface area (Å²) in [6, 6.07) is 0. The molecule has 2 aliphatic rings. The highest BCUT2D eigenvalue weighted by Gasteiger charge is 2.26. The summed E-state index contributed by atoms with van der Waals surface area (Å²) in [5.41, 5.74) is 2.91. The van der Waals surface area contributed by atoms with Crippen molar-refractivity contribution in [3.8, 4) is 0 Å². The topological polar surface area (TPSA) is 24.5 Å². The molecule has 159 valence electrons. The van der Waals surface area contributed by atoms with Crippen molar-refractivity contribution >= 4 is 15.4 Å². The van der Waals surface area contributed by atoms with Gasteiger partial charge in [-0.1, -0.05) is 51.0 Å². The van der Waals surface area contributed by atoms with Crippen molar-refractivity contribution in [3.63, 3.8) is 0 Å². The summed E-state index contributed by atoms with van der Waals surface area (Å²) in [6.07, 6.45) is 12.4. The Bertz CT molecular complexity index is 523. The zero-order valence-electron chi connectivity index (χ0n) is 19.1. The lowest BCUT2D eigenvalue weighted by atomic mass is 9.59. The van der Waals surface area contributed by atoms with E-state index in [-0.39, 0.29) is 8.07 Å². The van der Waals surface area contributed by atoms with E-state index >= 15 is 0 Å². The Kier molecular flexibility index (Phi) is 11.2. The molecule has 0 aromatic heterocycles. The third-order valence-corrected chi connectivity index (χ3v) is 7.84. The van der Waals surface area contributed by atoms with Gasteiger partial charge in [-0.3, -0.25) is 9.99 Å². The van der Waals surface area contributed by atoms with Gasteiger partial charge in [0.05, 0.1) is 5.76 Å². The molecule has 0 bridgehead atoms. The molecule has 1 heterocycles. The SMILES string of the molecule is CCCNP(C)CCN1CCC(OC2=C(C)C(C[B]C(C)CC)=CCCC2)C1. The zero-order chi connectivity index (χ0) is 20.4. The van der Waals surface area contributed by atoms with Crippen molar-refractivity contribution in [2.45, 2.75) is 84.5 Å².